The molecule has 7 aliphatic heterocycles. The number of benzene rings is 9. The lowest BCUT2D eigenvalue weighted by atomic mass is 9.78. The van der Waals surface area contributed by atoms with Crippen molar-refractivity contribution < 1.29 is 126 Å². The normalized spacial score (nSPS) is 16.9. The first-order valence-electron chi connectivity index (χ1n) is 39.3. The van der Waals surface area contributed by atoms with E-state index in [1.165, 1.54) is 12.1 Å². The number of hydrogen-bond acceptors (Lipinski definition) is 25. The average Bonchev–Trinajstić information content (AvgIpc) is 1.64. The first-order chi connectivity index (χ1) is 57.7. The molecule has 7 aromatic carbocycles. The lowest BCUT2D eigenvalue weighted by Crippen LogP contribution is -2.81. The molecule has 9 aliphatic rings. The minimum Gasteiger partial charge on any atom is -0.744 e. The Labute approximate surface area is 721 Å². The second kappa shape index (κ2) is 32.8. The summed E-state index contributed by atoms with van der Waals surface area (Å²) in [6.45, 7) is 31.6. The molecule has 2 aliphatic carbocycles. The molecular weight excluding hydrogens is 1730 g/mol. The Morgan fingerprint density at radius 2 is 0.880 bits per heavy atom. The first kappa shape index (κ1) is 93.2. The van der Waals surface area contributed by atoms with Gasteiger partial charge in [0.2, 0.25) is 21.0 Å². The van der Waals surface area contributed by atoms with Gasteiger partial charge < -0.3 is 43.2 Å². The summed E-state index contributed by atoms with van der Waals surface area (Å²) in [5.41, 5.74) is 7.99. The molecule has 11 N–H and O–H groups in total. The molecule has 37 heteroatoms. The topological polar surface area (TPSA) is 540 Å². The van der Waals surface area contributed by atoms with Crippen molar-refractivity contribution in [2.75, 3.05) is 16.0 Å². The van der Waals surface area contributed by atoms with Crippen LogP contribution in [0.4, 0.5) is 17.1 Å². The maximum Gasteiger partial charge on any atom is 0.373 e. The summed E-state index contributed by atoms with van der Waals surface area (Å²) in [6, 6.07) is 35.4. The summed E-state index contributed by atoms with van der Waals surface area (Å²) in [5, 5.41) is 22.0. The second-order valence-corrected chi connectivity index (χ2v) is 42.9. The molecule has 0 saturated carbocycles. The minimum atomic E-state index is -5.13. The number of nitrogens with two attached hydrogens (primary N) is 2. The van der Waals surface area contributed by atoms with E-state index in [1.54, 1.807) is 24.3 Å². The van der Waals surface area contributed by atoms with Crippen LogP contribution in [0.5, 0.6) is 11.5 Å². The van der Waals surface area contributed by atoms with Crippen molar-refractivity contribution in [1.82, 2.24) is 0 Å². The smallest absolute Gasteiger partial charge is 0.373 e. The molecule has 7 heterocycles. The van der Waals surface area contributed by atoms with Gasteiger partial charge in [0.1, 0.15) is 35.2 Å². The summed E-state index contributed by atoms with van der Waals surface area (Å²) in [4.78, 5) is 32.0. The van der Waals surface area contributed by atoms with E-state index >= 15 is 0 Å². The van der Waals surface area contributed by atoms with Gasteiger partial charge in [0.05, 0.1) is 22.5 Å². The number of carbonyl (C=O) groups excluding carboxylic acids is 4. The van der Waals surface area contributed by atoms with Gasteiger partial charge in [-0.05, 0) is 185 Å². The van der Waals surface area contributed by atoms with E-state index in [0.717, 1.165) is 16.7 Å². The van der Waals surface area contributed by atoms with Gasteiger partial charge in [0.25, 0.3) is 20.2 Å². The van der Waals surface area contributed by atoms with Crippen molar-refractivity contribution >= 4 is 118 Å². The molecule has 0 aromatic heterocycles. The highest BCUT2D eigenvalue weighted by atomic mass is 32.2. The van der Waals surface area contributed by atoms with Crippen molar-refractivity contribution in [2.45, 2.75) is 218 Å². The fraction of sp³-hybridized carbons (Fsp3) is 0.330. The zero-order chi connectivity index (χ0) is 92.6. The van der Waals surface area contributed by atoms with Crippen molar-refractivity contribution in [2.24, 2.45) is 0 Å². The zero-order valence-corrected chi connectivity index (χ0v) is 75.6. The van der Waals surface area contributed by atoms with Crippen molar-refractivity contribution in [1.29, 1.82) is 0 Å². The predicted molar refractivity (Wildman–Crippen MR) is 453 cm³/mol. The number of hydrogen-bond donors (Lipinski definition) is 9. The predicted octanol–water partition coefficient (Wildman–Crippen LogP) is 8.17. The second-order valence-electron chi connectivity index (χ2n) is 34.9. The lowest BCUT2D eigenvalue weighted by molar-refractivity contribution is -0.539. The Morgan fingerprint density at radius 3 is 1.29 bits per heavy atom. The van der Waals surface area contributed by atoms with Crippen LogP contribution in [0.3, 0.4) is 0 Å². The summed E-state index contributed by atoms with van der Waals surface area (Å²) in [5.74, 6) is -0.576. The standard InChI is InChI=1S/C32H36N2O7S2.2C27H28N2O7S2.2CO2/c1-15(2)18-9-11-19(12-10-18)24-20-13-22-25(33-16(3)31(22,5)6)29(42(35,36)37)27(20)41-28-21(24)14-23-26(30(28)43(38,39)40)34-17(4)32(23,7)8;1-14(2)15-5-7-16(8-6-15)21-18-9-10-20(28)25(37(30,31)32)23(18)36-24-19(21)13-17-11-12-27(3,4)29-22(17)26(24)38(33,34)35;1-14(2)15-6-5-7-16(12-15)21-18-8-9-20(28)25(37(30,31)32)23(18)36-24-19(21)13-17-10-11-27(3,4)29-22(17)26(24)38(33,34)35;2*2-1-3/h9-17,33H,1-8H3,(H,35,36,37)(H,38,39,40);5-10,13-14,28-29H,11-12H2,1-4H3,(H,30,31,32)(H,33,34,35);5-9,12-14,28-29H,10-11H2,1-4H3,(H,30,31,32)(H,33,34,35);;. The number of rotatable bonds is 12. The van der Waals surface area contributed by atoms with Crippen LogP contribution in [0.1, 0.15) is 191 Å². The molecule has 16 rings (SSSR count). The third kappa shape index (κ3) is 17.4. The summed E-state index contributed by atoms with van der Waals surface area (Å²) < 4.78 is 240. The molecule has 7 aromatic rings. The van der Waals surface area contributed by atoms with Crippen LogP contribution >= 0.6 is 0 Å². The van der Waals surface area contributed by atoms with Crippen LogP contribution in [0, 0.1) is 0 Å². The largest absolute Gasteiger partial charge is 0.744 e. The summed E-state index contributed by atoms with van der Waals surface area (Å²) in [7, 11) is -30.1. The maximum atomic E-state index is 13.1. The number of fused-ring (bicyclic) bond motifs is 10. The fourth-order valence-corrected chi connectivity index (χ4v) is 21.5. The number of ether oxygens (including phenoxy) is 1. The quantitative estimate of drug-likeness (QED) is 0.0411. The minimum absolute atomic E-state index is 0.145. The van der Waals surface area contributed by atoms with Crippen LogP contribution in [-0.2, 0) is 104 Å². The molecule has 0 saturated heterocycles. The van der Waals surface area contributed by atoms with E-state index < -0.39 is 112 Å². The van der Waals surface area contributed by atoms with Gasteiger partial charge in [-0.25, -0.2) is 30.2 Å². The Balaban J connectivity index is 0.000000166. The monoisotopic (exact) mass is 1820 g/mol. The third-order valence-electron chi connectivity index (χ3n) is 24.0. The highest BCUT2D eigenvalue weighted by molar-refractivity contribution is 7.87. The van der Waals surface area contributed by atoms with Gasteiger partial charge in [0, 0.05) is 89.6 Å². The van der Waals surface area contributed by atoms with Crippen molar-refractivity contribution in [3.63, 3.8) is 0 Å². The summed E-state index contributed by atoms with van der Waals surface area (Å²) in [6.07, 6.45) is 2.96. The van der Waals surface area contributed by atoms with Gasteiger partial charge in [-0.15, -0.1) is 0 Å². The fourth-order valence-electron chi connectivity index (χ4n) is 16.8. The molecule has 660 valence electrons. The molecular formula is C88H92N6O25S6. The van der Waals surface area contributed by atoms with Crippen LogP contribution < -0.4 is 57.8 Å². The Bertz CT molecular complexity index is 7380. The van der Waals surface area contributed by atoms with Crippen LogP contribution in [0.25, 0.3) is 72.4 Å². The SMILES string of the molecule is CC(C)c1ccc(-c2c3ccc(=[NH2+])c(S(=O)(=O)[O-])c-3oc3c(S(=O)(=O)O)c4c(cc23)CCC(C)(C)N4)cc1.CC(C)c1ccc(C2=c3cc4c(c(S(=O)(=O)O)c3Oc3c2cc2c(c3S(=O)(=O)[O-])NC(C)C2(C)C)=[NH+]C(C)C4(C)C)cc1.CC(C)c1cccc(-c2c3ccc(=[NH2+])c(S(=O)(=O)[O-])c-3oc3c(S(=O)(=O)O)c4c(cc23)CCC(C)(C)N4)c1.O=C=O.O=C=O. The molecule has 0 amide bonds. The van der Waals surface area contributed by atoms with Crippen LogP contribution in [0.2, 0.25) is 0 Å². The molecule has 125 heavy (non-hydrogen) atoms. The Kier molecular flexibility index (Phi) is 24.4. The van der Waals surface area contributed by atoms with Crippen LogP contribution in [0.15, 0.2) is 160 Å². The highest BCUT2D eigenvalue weighted by Crippen LogP contribution is 2.55. The lowest BCUT2D eigenvalue weighted by Gasteiger charge is -2.35. The molecule has 0 fully saturated rings. The van der Waals surface area contributed by atoms with E-state index in [2.05, 4.69) is 48.6 Å². The molecule has 2 atom stereocenters. The highest BCUT2D eigenvalue weighted by Gasteiger charge is 2.48. The van der Waals surface area contributed by atoms with Gasteiger partial charge in [0.15, 0.2) is 59.8 Å². The first-order valence-corrected chi connectivity index (χ1v) is 47.8. The molecule has 31 nitrogen and oxygen atoms in total. The van der Waals surface area contributed by atoms with Gasteiger partial charge >= 0.3 is 22.4 Å². The third-order valence-corrected chi connectivity index (χ3v) is 29.4. The van der Waals surface area contributed by atoms with Gasteiger partial charge in [-0.2, -0.15) is 44.4 Å². The zero-order valence-electron chi connectivity index (χ0n) is 70.7. The average molecular weight is 1830 g/mol. The van der Waals surface area contributed by atoms with E-state index in [4.69, 9.17) is 43.6 Å². The Hall–Kier alpha value is -11.0. The van der Waals surface area contributed by atoms with Crippen molar-refractivity contribution in [3.05, 3.63) is 193 Å². The molecule has 0 radical (unpaired) electrons. The Morgan fingerprint density at radius 1 is 0.464 bits per heavy atom. The van der Waals surface area contributed by atoms with Crippen molar-refractivity contribution in [3.8, 4) is 56.4 Å². The molecule has 0 spiro atoms. The number of anilines is 3. The van der Waals surface area contributed by atoms with Gasteiger partial charge in [-0.3, -0.25) is 24.5 Å². The molecule has 0 bridgehead atoms. The summed E-state index contributed by atoms with van der Waals surface area (Å²) >= 11 is 0. The van der Waals surface area contributed by atoms with Gasteiger partial charge in [-0.1, -0.05) is 128 Å². The maximum absolute atomic E-state index is 13.1. The number of nitrogens with one attached hydrogen (secondary N) is 4. The van der Waals surface area contributed by atoms with E-state index in [1.807, 2.05) is 168 Å². The van der Waals surface area contributed by atoms with Crippen LogP contribution in [-0.4, -0.2) is 113 Å². The number of aryl methyl sites for hydroxylation is 2. The van der Waals surface area contributed by atoms with E-state index in [9.17, 15) is 77.8 Å². The van der Waals surface area contributed by atoms with E-state index in [0.29, 0.717) is 103 Å². The molecule has 2 unspecified atom stereocenters. The van der Waals surface area contributed by atoms with E-state index in [-0.39, 0.29) is 121 Å².